The minimum atomic E-state index is -4.44. The van der Waals surface area contributed by atoms with Crippen molar-refractivity contribution in [3.05, 3.63) is 78.4 Å². The van der Waals surface area contributed by atoms with E-state index in [2.05, 4.69) is 19.9 Å². The number of hydrogen-bond acceptors (Lipinski definition) is 5. The molecule has 0 aliphatic carbocycles. The SMILES string of the molecule is COc1ccccc1NS(=O)(=O)c1cccc(-c2n[nH]c(-c3ccc(C(F)(F)F)cc3)n2)c1. The average molecular weight is 474 g/mol. The van der Waals surface area contributed by atoms with Crippen molar-refractivity contribution in [1.29, 1.82) is 0 Å². The van der Waals surface area contributed by atoms with Gasteiger partial charge < -0.3 is 4.74 Å². The number of H-pyrrole nitrogens is 1. The molecule has 3 aromatic carbocycles. The summed E-state index contributed by atoms with van der Waals surface area (Å²) in [6, 6.07) is 17.1. The van der Waals surface area contributed by atoms with Gasteiger partial charge in [0.2, 0.25) is 0 Å². The van der Waals surface area contributed by atoms with Gasteiger partial charge in [-0.15, -0.1) is 0 Å². The summed E-state index contributed by atoms with van der Waals surface area (Å²) in [7, 11) is -2.51. The van der Waals surface area contributed by atoms with Crippen molar-refractivity contribution < 1.29 is 26.3 Å². The van der Waals surface area contributed by atoms with Crippen molar-refractivity contribution in [2.24, 2.45) is 0 Å². The fraction of sp³-hybridized carbons (Fsp3) is 0.0909. The first kappa shape index (κ1) is 22.3. The van der Waals surface area contributed by atoms with E-state index in [4.69, 9.17) is 4.74 Å². The van der Waals surface area contributed by atoms with E-state index in [0.717, 1.165) is 12.1 Å². The van der Waals surface area contributed by atoms with Gasteiger partial charge in [0.1, 0.15) is 5.75 Å². The van der Waals surface area contributed by atoms with E-state index < -0.39 is 21.8 Å². The van der Waals surface area contributed by atoms with Crippen molar-refractivity contribution in [3.63, 3.8) is 0 Å². The third-order valence-electron chi connectivity index (χ3n) is 4.72. The fourth-order valence-electron chi connectivity index (χ4n) is 3.07. The molecule has 0 saturated carbocycles. The van der Waals surface area contributed by atoms with Gasteiger partial charge in [-0.1, -0.05) is 36.4 Å². The van der Waals surface area contributed by atoms with Crippen LogP contribution in [0.25, 0.3) is 22.8 Å². The second kappa shape index (κ2) is 8.58. The van der Waals surface area contributed by atoms with Crippen LogP contribution in [0.1, 0.15) is 5.56 Å². The molecule has 1 heterocycles. The summed E-state index contributed by atoms with van der Waals surface area (Å²) >= 11 is 0. The van der Waals surface area contributed by atoms with Gasteiger partial charge in [0, 0.05) is 11.1 Å². The first-order valence-electron chi connectivity index (χ1n) is 9.54. The maximum atomic E-state index is 12.9. The number of hydrogen-bond donors (Lipinski definition) is 2. The number of aromatic nitrogens is 3. The zero-order valence-electron chi connectivity index (χ0n) is 17.1. The molecule has 11 heteroatoms. The summed E-state index contributed by atoms with van der Waals surface area (Å²) in [5.74, 6) is 0.811. The monoisotopic (exact) mass is 474 g/mol. The number of nitrogens with one attached hydrogen (secondary N) is 2. The van der Waals surface area contributed by atoms with Crippen LogP contribution in [-0.2, 0) is 16.2 Å². The molecule has 0 radical (unpaired) electrons. The summed E-state index contributed by atoms with van der Waals surface area (Å²) < 4.78 is 71.7. The number of alkyl halides is 3. The zero-order valence-corrected chi connectivity index (χ0v) is 17.9. The number of aromatic amines is 1. The number of methoxy groups -OCH3 is 1. The van der Waals surface area contributed by atoms with Gasteiger partial charge in [0.05, 0.1) is 23.3 Å². The van der Waals surface area contributed by atoms with Crippen LogP contribution in [0.3, 0.4) is 0 Å². The smallest absolute Gasteiger partial charge is 0.416 e. The lowest BCUT2D eigenvalue weighted by Gasteiger charge is -2.12. The maximum absolute atomic E-state index is 12.9. The van der Waals surface area contributed by atoms with E-state index in [1.807, 2.05) is 0 Å². The summed E-state index contributed by atoms with van der Waals surface area (Å²) in [5.41, 5.74) is 0.329. The molecular weight excluding hydrogens is 457 g/mol. The van der Waals surface area contributed by atoms with E-state index in [1.165, 1.54) is 31.4 Å². The number of rotatable bonds is 6. The molecule has 0 atom stereocenters. The summed E-state index contributed by atoms with van der Waals surface area (Å²) in [6.07, 6.45) is -4.44. The van der Waals surface area contributed by atoms with E-state index in [1.54, 1.807) is 36.4 Å². The molecule has 33 heavy (non-hydrogen) atoms. The van der Waals surface area contributed by atoms with Crippen LogP contribution < -0.4 is 9.46 Å². The van der Waals surface area contributed by atoms with Crippen molar-refractivity contribution in [3.8, 4) is 28.5 Å². The van der Waals surface area contributed by atoms with Crippen molar-refractivity contribution in [2.45, 2.75) is 11.1 Å². The number of para-hydroxylation sites is 2. The van der Waals surface area contributed by atoms with Gasteiger partial charge in [-0.2, -0.15) is 18.3 Å². The predicted octanol–water partition coefficient (Wildman–Crippen LogP) is 4.97. The van der Waals surface area contributed by atoms with Gasteiger partial charge in [-0.3, -0.25) is 9.82 Å². The Morgan fingerprint density at radius 3 is 2.36 bits per heavy atom. The van der Waals surface area contributed by atoms with E-state index in [9.17, 15) is 21.6 Å². The highest BCUT2D eigenvalue weighted by atomic mass is 32.2. The maximum Gasteiger partial charge on any atom is 0.416 e. The number of ether oxygens (including phenoxy) is 1. The van der Waals surface area contributed by atoms with Crippen molar-refractivity contribution >= 4 is 15.7 Å². The highest BCUT2D eigenvalue weighted by molar-refractivity contribution is 7.92. The summed E-state index contributed by atoms with van der Waals surface area (Å²) in [4.78, 5) is 4.27. The third kappa shape index (κ3) is 4.82. The predicted molar refractivity (Wildman–Crippen MR) is 116 cm³/mol. The molecule has 4 rings (SSSR count). The van der Waals surface area contributed by atoms with Crippen LogP contribution in [0.5, 0.6) is 5.75 Å². The highest BCUT2D eigenvalue weighted by Crippen LogP contribution is 2.31. The lowest BCUT2D eigenvalue weighted by molar-refractivity contribution is -0.137. The largest absolute Gasteiger partial charge is 0.495 e. The number of benzene rings is 3. The summed E-state index contributed by atoms with van der Waals surface area (Å²) in [5, 5.41) is 6.74. The molecule has 0 aliphatic rings. The molecule has 0 bridgehead atoms. The van der Waals surface area contributed by atoms with Crippen LogP contribution in [0, 0.1) is 0 Å². The quantitative estimate of drug-likeness (QED) is 0.411. The molecule has 170 valence electrons. The lowest BCUT2D eigenvalue weighted by atomic mass is 10.1. The average Bonchev–Trinajstić information content (AvgIpc) is 3.29. The number of nitrogens with zero attached hydrogens (tertiary/aromatic N) is 2. The van der Waals surface area contributed by atoms with Crippen LogP contribution in [0.2, 0.25) is 0 Å². The molecule has 0 amide bonds. The molecular formula is C22H17F3N4O3S. The van der Waals surface area contributed by atoms with E-state index in [-0.39, 0.29) is 22.2 Å². The summed E-state index contributed by atoms with van der Waals surface area (Å²) in [6.45, 7) is 0. The Balaban J connectivity index is 1.60. The van der Waals surface area contributed by atoms with Crippen LogP contribution in [-0.4, -0.2) is 30.7 Å². The van der Waals surface area contributed by atoms with Crippen LogP contribution >= 0.6 is 0 Å². The third-order valence-corrected chi connectivity index (χ3v) is 6.09. The second-order valence-corrected chi connectivity index (χ2v) is 8.60. The topological polar surface area (TPSA) is 97.0 Å². The highest BCUT2D eigenvalue weighted by Gasteiger charge is 2.30. The van der Waals surface area contributed by atoms with Crippen LogP contribution in [0.4, 0.5) is 18.9 Å². The van der Waals surface area contributed by atoms with E-state index >= 15 is 0 Å². The number of anilines is 1. The Labute approximate surface area is 187 Å². The zero-order chi connectivity index (χ0) is 23.6. The van der Waals surface area contributed by atoms with Crippen molar-refractivity contribution in [2.75, 3.05) is 11.8 Å². The first-order chi connectivity index (χ1) is 15.7. The van der Waals surface area contributed by atoms with Gasteiger partial charge >= 0.3 is 6.18 Å². The first-order valence-corrected chi connectivity index (χ1v) is 11.0. The molecule has 0 aliphatic heterocycles. The molecule has 7 nitrogen and oxygen atoms in total. The molecule has 0 spiro atoms. The minimum absolute atomic E-state index is 0.0215. The van der Waals surface area contributed by atoms with Crippen LogP contribution in [0.15, 0.2) is 77.7 Å². The van der Waals surface area contributed by atoms with Gasteiger partial charge in [-0.25, -0.2) is 13.4 Å². The second-order valence-electron chi connectivity index (χ2n) is 6.92. The molecule has 0 saturated heterocycles. The Kier molecular flexibility index (Phi) is 5.81. The van der Waals surface area contributed by atoms with Crippen molar-refractivity contribution in [1.82, 2.24) is 15.2 Å². The number of sulfonamides is 1. The molecule has 4 aromatic rings. The Hall–Kier alpha value is -3.86. The Morgan fingerprint density at radius 1 is 0.939 bits per heavy atom. The standard InChI is InChI=1S/C22H17F3N4O3S/c1-32-19-8-3-2-7-18(19)29-33(30,31)17-6-4-5-15(13-17)21-26-20(27-28-21)14-9-11-16(12-10-14)22(23,24)25/h2-13,29H,1H3,(H,26,27,28). The number of halogens is 3. The lowest BCUT2D eigenvalue weighted by Crippen LogP contribution is -2.13. The van der Waals surface area contributed by atoms with Gasteiger partial charge in [0.15, 0.2) is 11.6 Å². The minimum Gasteiger partial charge on any atom is -0.495 e. The van der Waals surface area contributed by atoms with Gasteiger partial charge in [0.25, 0.3) is 10.0 Å². The fourth-order valence-corrected chi connectivity index (χ4v) is 4.19. The Morgan fingerprint density at radius 2 is 1.67 bits per heavy atom. The molecule has 0 fully saturated rings. The molecule has 0 unspecified atom stereocenters. The Bertz CT molecular complexity index is 1380. The molecule has 1 aromatic heterocycles. The normalized spacial score (nSPS) is 11.9. The molecule has 2 N–H and O–H groups in total. The van der Waals surface area contributed by atoms with Gasteiger partial charge in [-0.05, 0) is 36.4 Å². The van der Waals surface area contributed by atoms with E-state index in [0.29, 0.717) is 16.9 Å².